The molecule has 0 unspecified atom stereocenters. The van der Waals surface area contributed by atoms with Gasteiger partial charge in [0.1, 0.15) is 5.75 Å². The highest BCUT2D eigenvalue weighted by molar-refractivity contribution is 7.98. The summed E-state index contributed by atoms with van der Waals surface area (Å²) < 4.78 is 7.42. The normalized spacial score (nSPS) is 11.3. The largest absolute Gasteiger partial charge is 0.508 e. The first-order chi connectivity index (χ1) is 13.4. The van der Waals surface area contributed by atoms with E-state index in [0.29, 0.717) is 24.5 Å². The van der Waals surface area contributed by atoms with Gasteiger partial charge in [0.05, 0.1) is 12.2 Å². The monoisotopic (exact) mass is 398 g/mol. The van der Waals surface area contributed by atoms with Crippen molar-refractivity contribution < 1.29 is 14.6 Å². The van der Waals surface area contributed by atoms with Crippen molar-refractivity contribution in [2.45, 2.75) is 24.1 Å². The summed E-state index contributed by atoms with van der Waals surface area (Å²) in [5, 5.41) is 11.3. The number of carbonyl (C=O) groups is 1. The fourth-order valence-electron chi connectivity index (χ4n) is 3.38. The van der Waals surface area contributed by atoms with Gasteiger partial charge in [0.15, 0.2) is 0 Å². The van der Waals surface area contributed by atoms with Gasteiger partial charge < -0.3 is 19.3 Å². The molecule has 0 aliphatic rings. The molecule has 5 nitrogen and oxygen atoms in total. The molecule has 148 valence electrons. The highest BCUT2D eigenvalue weighted by Crippen LogP contribution is 2.37. The Hall–Kier alpha value is -2.44. The average molecular weight is 399 g/mol. The predicted octanol–water partition coefficient (Wildman–Crippen LogP) is 4.41. The minimum absolute atomic E-state index is 0.194. The third-order valence-corrected chi connectivity index (χ3v) is 5.67. The van der Waals surface area contributed by atoms with Gasteiger partial charge in [-0.1, -0.05) is 18.2 Å². The minimum Gasteiger partial charge on any atom is -0.508 e. The Kier molecular flexibility index (Phi) is 6.31. The quantitative estimate of drug-likeness (QED) is 0.472. The highest BCUT2D eigenvalue weighted by Gasteiger charge is 2.26. The summed E-state index contributed by atoms with van der Waals surface area (Å²) in [6.45, 7) is 2.65. The number of benzene rings is 2. The molecule has 1 N–H and O–H groups in total. The zero-order valence-corrected chi connectivity index (χ0v) is 17.5. The van der Waals surface area contributed by atoms with Crippen molar-refractivity contribution in [3.63, 3.8) is 0 Å². The first-order valence-corrected chi connectivity index (χ1v) is 10.2. The number of phenolic OH excluding ortho intramolecular Hbond substituents is 1. The molecule has 0 saturated carbocycles. The van der Waals surface area contributed by atoms with Gasteiger partial charge >= 0.3 is 5.97 Å². The average Bonchev–Trinajstić information content (AvgIpc) is 2.95. The Morgan fingerprint density at radius 2 is 1.89 bits per heavy atom. The topological polar surface area (TPSA) is 54.7 Å². The Morgan fingerprint density at radius 1 is 1.18 bits per heavy atom. The number of hydrogen-bond acceptors (Lipinski definition) is 5. The molecule has 28 heavy (non-hydrogen) atoms. The predicted molar refractivity (Wildman–Crippen MR) is 114 cm³/mol. The Morgan fingerprint density at radius 3 is 2.54 bits per heavy atom. The zero-order valence-electron chi connectivity index (χ0n) is 16.7. The van der Waals surface area contributed by atoms with E-state index in [9.17, 15) is 9.90 Å². The number of ether oxygens (including phenoxy) is 1. The van der Waals surface area contributed by atoms with Crippen molar-refractivity contribution in [1.29, 1.82) is 0 Å². The number of nitrogens with zero attached hydrogens (tertiary/aromatic N) is 2. The lowest BCUT2D eigenvalue weighted by molar-refractivity contribution is 0.0527. The van der Waals surface area contributed by atoms with Crippen LogP contribution < -0.4 is 0 Å². The Labute approximate surface area is 169 Å². The van der Waals surface area contributed by atoms with Gasteiger partial charge in [-0.3, -0.25) is 0 Å². The number of fused-ring (bicyclic) bond motifs is 1. The van der Waals surface area contributed by atoms with Crippen LogP contribution in [-0.4, -0.2) is 41.2 Å². The van der Waals surface area contributed by atoms with Crippen LogP contribution in [0.4, 0.5) is 0 Å². The molecule has 0 spiro atoms. The van der Waals surface area contributed by atoms with Crippen molar-refractivity contribution in [2.24, 2.45) is 7.05 Å². The van der Waals surface area contributed by atoms with E-state index in [1.54, 1.807) is 24.8 Å². The molecular weight excluding hydrogens is 372 g/mol. The molecule has 1 heterocycles. The number of hydrogen-bond donors (Lipinski definition) is 1. The van der Waals surface area contributed by atoms with Crippen LogP contribution in [0, 0.1) is 0 Å². The summed E-state index contributed by atoms with van der Waals surface area (Å²) in [5.74, 6) is 0.480. The fraction of sp³-hybridized carbons (Fsp3) is 0.318. The highest BCUT2D eigenvalue weighted by atomic mass is 32.2. The molecule has 0 bridgehead atoms. The van der Waals surface area contributed by atoms with Crippen LogP contribution in [0.1, 0.15) is 28.5 Å². The minimum atomic E-state index is -0.345. The van der Waals surface area contributed by atoms with Gasteiger partial charge in [0.25, 0.3) is 0 Å². The second-order valence-corrected chi connectivity index (χ2v) is 7.95. The number of aromatic hydroxyl groups is 1. The van der Waals surface area contributed by atoms with Crippen LogP contribution in [0.5, 0.6) is 5.75 Å². The molecular formula is C22H26N2O3S. The van der Waals surface area contributed by atoms with Crippen LogP contribution in [0.15, 0.2) is 47.4 Å². The summed E-state index contributed by atoms with van der Waals surface area (Å²) in [7, 11) is 5.84. The van der Waals surface area contributed by atoms with E-state index in [-0.39, 0.29) is 11.7 Å². The lowest BCUT2D eigenvalue weighted by Gasteiger charge is -2.13. The summed E-state index contributed by atoms with van der Waals surface area (Å²) in [6, 6.07) is 13.7. The zero-order chi connectivity index (χ0) is 20.3. The van der Waals surface area contributed by atoms with E-state index in [0.717, 1.165) is 27.1 Å². The number of aromatic nitrogens is 1. The van der Waals surface area contributed by atoms with Crippen LogP contribution in [0.2, 0.25) is 0 Å². The number of phenols is 1. The molecule has 6 heteroatoms. The van der Waals surface area contributed by atoms with E-state index < -0.39 is 0 Å². The van der Waals surface area contributed by atoms with Gasteiger partial charge in [-0.2, -0.15) is 0 Å². The molecule has 1 aromatic heterocycles. The van der Waals surface area contributed by atoms with Crippen molar-refractivity contribution >= 4 is 28.6 Å². The van der Waals surface area contributed by atoms with E-state index >= 15 is 0 Å². The van der Waals surface area contributed by atoms with E-state index in [4.69, 9.17) is 4.74 Å². The maximum Gasteiger partial charge on any atom is 0.340 e. The standard InChI is InChI=1S/C22H26N2O3S/c1-5-27-22(26)21-18(14-28-15-9-7-6-8-10-15)24(4)17-11-12-19(25)16(20(17)21)13-23(2)3/h6-12,25H,5,13-14H2,1-4H3. The van der Waals surface area contributed by atoms with Crippen molar-refractivity contribution in [1.82, 2.24) is 9.47 Å². The summed E-state index contributed by atoms with van der Waals surface area (Å²) in [4.78, 5) is 16.0. The van der Waals surface area contributed by atoms with Crippen LogP contribution in [-0.2, 0) is 24.1 Å². The lowest BCUT2D eigenvalue weighted by atomic mass is 10.0. The van der Waals surface area contributed by atoms with E-state index in [2.05, 4.69) is 12.1 Å². The number of esters is 1. The molecule has 0 atom stereocenters. The second-order valence-electron chi connectivity index (χ2n) is 6.90. The summed E-state index contributed by atoms with van der Waals surface area (Å²) in [5.41, 5.74) is 3.11. The molecule has 0 aliphatic carbocycles. The van der Waals surface area contributed by atoms with Crippen molar-refractivity contribution in [3.05, 3.63) is 59.3 Å². The number of aryl methyl sites for hydroxylation is 1. The molecule has 3 aromatic rings. The van der Waals surface area contributed by atoms with Gasteiger partial charge in [-0.25, -0.2) is 4.79 Å². The van der Waals surface area contributed by atoms with Crippen LogP contribution in [0.3, 0.4) is 0 Å². The molecule has 0 radical (unpaired) electrons. The van der Waals surface area contributed by atoms with Gasteiger partial charge in [0, 0.05) is 46.4 Å². The number of carbonyl (C=O) groups excluding carboxylic acids is 1. The molecule has 0 fully saturated rings. The lowest BCUT2D eigenvalue weighted by Crippen LogP contribution is -2.13. The summed E-state index contributed by atoms with van der Waals surface area (Å²) in [6.07, 6.45) is 0. The molecule has 0 aliphatic heterocycles. The van der Waals surface area contributed by atoms with E-state index in [1.165, 1.54) is 0 Å². The Balaban J connectivity index is 2.17. The second kappa shape index (κ2) is 8.71. The van der Waals surface area contributed by atoms with Crippen molar-refractivity contribution in [2.75, 3.05) is 20.7 Å². The van der Waals surface area contributed by atoms with Gasteiger partial charge in [-0.15, -0.1) is 11.8 Å². The fourth-order valence-corrected chi connectivity index (χ4v) is 4.37. The molecule has 0 saturated heterocycles. The van der Waals surface area contributed by atoms with Gasteiger partial charge in [-0.05, 0) is 45.3 Å². The number of rotatable bonds is 7. The SMILES string of the molecule is CCOC(=O)c1c(CSc2ccccc2)n(C)c2ccc(O)c(CN(C)C)c12. The molecule has 3 rings (SSSR count). The first kappa shape index (κ1) is 20.3. The smallest absolute Gasteiger partial charge is 0.340 e. The van der Waals surface area contributed by atoms with Crippen molar-refractivity contribution in [3.8, 4) is 5.75 Å². The molecule has 2 aromatic carbocycles. The van der Waals surface area contributed by atoms with E-state index in [1.807, 2.05) is 54.9 Å². The maximum atomic E-state index is 12.9. The third kappa shape index (κ3) is 4.03. The Bertz CT molecular complexity index is 981. The molecule has 0 amide bonds. The van der Waals surface area contributed by atoms with Crippen LogP contribution >= 0.6 is 11.8 Å². The summed E-state index contributed by atoms with van der Waals surface area (Å²) >= 11 is 1.68. The first-order valence-electron chi connectivity index (χ1n) is 9.25. The number of thioether (sulfide) groups is 1. The third-order valence-electron chi connectivity index (χ3n) is 4.64. The maximum absolute atomic E-state index is 12.9. The van der Waals surface area contributed by atoms with Crippen LogP contribution in [0.25, 0.3) is 10.9 Å². The van der Waals surface area contributed by atoms with Gasteiger partial charge in [0.2, 0.25) is 0 Å².